The van der Waals surface area contributed by atoms with Crippen LogP contribution in [0.1, 0.15) is 0 Å². The molecule has 0 radical (unpaired) electrons. The van der Waals surface area contributed by atoms with Crippen molar-refractivity contribution in [2.24, 2.45) is 0 Å². The molecule has 0 aromatic carbocycles. The van der Waals surface area contributed by atoms with E-state index in [1.54, 1.807) is 6.08 Å². The van der Waals surface area contributed by atoms with Gasteiger partial charge in [-0.05, 0) is 0 Å². The first kappa shape index (κ1) is 9.47. The van der Waals surface area contributed by atoms with Crippen molar-refractivity contribution in [1.82, 2.24) is 9.97 Å². The van der Waals surface area contributed by atoms with Gasteiger partial charge in [0.05, 0.1) is 19.0 Å². The lowest BCUT2D eigenvalue weighted by Gasteiger charge is -2.10. The van der Waals surface area contributed by atoms with E-state index in [2.05, 4.69) is 21.9 Å². The van der Waals surface area contributed by atoms with E-state index >= 15 is 0 Å². The summed E-state index contributed by atoms with van der Waals surface area (Å²) in [6, 6.07) is 1.03. The predicted octanol–water partition coefficient (Wildman–Crippen LogP) is -0.271. The fourth-order valence-electron chi connectivity index (χ4n) is 0.817. The zero-order chi connectivity index (χ0) is 9.68. The SMILES string of the molecule is C=C[C@H](CO)Nc1cc(=O)[nH]cn1. The van der Waals surface area contributed by atoms with Crippen molar-refractivity contribution >= 4 is 5.82 Å². The van der Waals surface area contributed by atoms with Gasteiger partial charge in [0, 0.05) is 6.07 Å². The van der Waals surface area contributed by atoms with Gasteiger partial charge < -0.3 is 15.4 Å². The molecular weight excluding hydrogens is 170 g/mol. The second kappa shape index (κ2) is 4.42. The molecule has 0 amide bonds. The van der Waals surface area contributed by atoms with Crippen LogP contribution >= 0.6 is 0 Å². The molecule has 70 valence electrons. The molecule has 3 N–H and O–H groups in total. The average molecular weight is 181 g/mol. The molecule has 1 heterocycles. The molecule has 0 unspecified atom stereocenters. The summed E-state index contributed by atoms with van der Waals surface area (Å²) in [6.07, 6.45) is 2.84. The van der Waals surface area contributed by atoms with E-state index in [1.807, 2.05) is 0 Å². The minimum atomic E-state index is -0.283. The Balaban J connectivity index is 2.73. The highest BCUT2D eigenvalue weighted by Gasteiger charge is 2.02. The van der Waals surface area contributed by atoms with Crippen LogP contribution in [0.25, 0.3) is 0 Å². The zero-order valence-corrected chi connectivity index (χ0v) is 7.03. The second-order valence-electron chi connectivity index (χ2n) is 2.47. The van der Waals surface area contributed by atoms with Crippen molar-refractivity contribution in [2.45, 2.75) is 6.04 Å². The Morgan fingerprint density at radius 3 is 3.15 bits per heavy atom. The molecule has 5 heteroatoms. The number of aromatic amines is 1. The third kappa shape index (κ3) is 2.72. The minimum Gasteiger partial charge on any atom is -0.394 e. The summed E-state index contributed by atoms with van der Waals surface area (Å²) in [5, 5.41) is 11.6. The fourth-order valence-corrected chi connectivity index (χ4v) is 0.817. The first-order valence-electron chi connectivity index (χ1n) is 3.81. The maximum Gasteiger partial charge on any atom is 0.252 e. The van der Waals surface area contributed by atoms with Gasteiger partial charge in [-0.1, -0.05) is 6.08 Å². The summed E-state index contributed by atoms with van der Waals surface area (Å²) in [6.45, 7) is 3.43. The number of hydrogen-bond donors (Lipinski definition) is 3. The number of H-pyrrole nitrogens is 1. The molecule has 1 aromatic rings. The minimum absolute atomic E-state index is 0.0853. The van der Waals surface area contributed by atoms with Gasteiger partial charge >= 0.3 is 0 Å². The van der Waals surface area contributed by atoms with Gasteiger partial charge in [0.1, 0.15) is 5.82 Å². The molecule has 0 aliphatic heterocycles. The Morgan fingerprint density at radius 1 is 1.85 bits per heavy atom. The van der Waals surface area contributed by atoms with Crippen LogP contribution in [0.4, 0.5) is 5.82 Å². The van der Waals surface area contributed by atoms with E-state index in [9.17, 15) is 4.79 Å². The third-order valence-electron chi connectivity index (χ3n) is 1.49. The van der Waals surface area contributed by atoms with Gasteiger partial charge in [-0.3, -0.25) is 4.79 Å². The highest BCUT2D eigenvalue weighted by Crippen LogP contribution is 1.98. The van der Waals surface area contributed by atoms with Crippen LogP contribution in [0.15, 0.2) is 29.8 Å². The number of anilines is 1. The van der Waals surface area contributed by atoms with Crippen molar-refractivity contribution in [1.29, 1.82) is 0 Å². The number of nitrogens with one attached hydrogen (secondary N) is 2. The summed E-state index contributed by atoms with van der Waals surface area (Å²) in [5.74, 6) is 0.419. The topological polar surface area (TPSA) is 78.0 Å². The maximum absolute atomic E-state index is 10.8. The van der Waals surface area contributed by atoms with Crippen molar-refractivity contribution in [2.75, 3.05) is 11.9 Å². The molecule has 0 aliphatic rings. The van der Waals surface area contributed by atoms with Crippen LogP contribution in [-0.4, -0.2) is 27.7 Å². The number of nitrogens with zero attached hydrogens (tertiary/aromatic N) is 1. The molecule has 1 rings (SSSR count). The van der Waals surface area contributed by atoms with Gasteiger partial charge in [0.2, 0.25) is 0 Å². The lowest BCUT2D eigenvalue weighted by atomic mass is 10.3. The maximum atomic E-state index is 10.8. The number of aromatic nitrogens is 2. The van der Waals surface area contributed by atoms with E-state index < -0.39 is 0 Å². The molecule has 5 nitrogen and oxygen atoms in total. The monoisotopic (exact) mass is 181 g/mol. The summed E-state index contributed by atoms with van der Waals surface area (Å²) in [4.78, 5) is 17.1. The number of hydrogen-bond acceptors (Lipinski definition) is 4. The highest BCUT2D eigenvalue weighted by molar-refractivity contribution is 5.34. The summed E-state index contributed by atoms with van der Waals surface area (Å²) >= 11 is 0. The lowest BCUT2D eigenvalue weighted by molar-refractivity contribution is 0.290. The average Bonchev–Trinajstić information content (AvgIpc) is 2.14. The van der Waals surface area contributed by atoms with Crippen LogP contribution in [0.5, 0.6) is 0 Å². The van der Waals surface area contributed by atoms with Gasteiger partial charge in [0.15, 0.2) is 0 Å². The van der Waals surface area contributed by atoms with Crippen LogP contribution in [0.3, 0.4) is 0 Å². The summed E-state index contributed by atoms with van der Waals surface area (Å²) in [5.41, 5.74) is -0.238. The van der Waals surface area contributed by atoms with Crippen LogP contribution in [0.2, 0.25) is 0 Å². The number of rotatable bonds is 4. The molecule has 0 aliphatic carbocycles. The normalized spacial score (nSPS) is 12.1. The van der Waals surface area contributed by atoms with E-state index in [-0.39, 0.29) is 18.2 Å². The Bertz CT molecular complexity index is 334. The molecule has 0 fully saturated rings. The van der Waals surface area contributed by atoms with Crippen LogP contribution < -0.4 is 10.9 Å². The summed E-state index contributed by atoms with van der Waals surface area (Å²) < 4.78 is 0. The Morgan fingerprint density at radius 2 is 2.62 bits per heavy atom. The van der Waals surface area contributed by atoms with Gasteiger partial charge in [-0.25, -0.2) is 4.98 Å². The van der Waals surface area contributed by atoms with Gasteiger partial charge in [0.25, 0.3) is 5.56 Å². The fraction of sp³-hybridized carbons (Fsp3) is 0.250. The molecule has 0 bridgehead atoms. The Kier molecular flexibility index (Phi) is 3.22. The number of aliphatic hydroxyl groups excluding tert-OH is 1. The molecule has 1 aromatic heterocycles. The molecule has 13 heavy (non-hydrogen) atoms. The summed E-state index contributed by atoms with van der Waals surface area (Å²) in [7, 11) is 0. The van der Waals surface area contributed by atoms with Gasteiger partial charge in [-0.2, -0.15) is 0 Å². The van der Waals surface area contributed by atoms with Crippen molar-refractivity contribution in [3.05, 3.63) is 35.4 Å². The van der Waals surface area contributed by atoms with E-state index in [1.165, 1.54) is 12.4 Å². The van der Waals surface area contributed by atoms with E-state index in [4.69, 9.17) is 5.11 Å². The molecule has 0 saturated heterocycles. The zero-order valence-electron chi connectivity index (χ0n) is 7.03. The quantitative estimate of drug-likeness (QED) is 0.559. The standard InChI is InChI=1S/C8H11N3O2/c1-2-6(4-12)11-7-3-8(13)10-5-9-7/h2-3,5-6,12H,1,4H2,(H2,9,10,11,13)/t6-/m1/s1. The predicted molar refractivity (Wildman–Crippen MR) is 49.6 cm³/mol. The number of aliphatic hydroxyl groups is 1. The smallest absolute Gasteiger partial charge is 0.252 e. The van der Waals surface area contributed by atoms with Crippen LogP contribution in [-0.2, 0) is 0 Å². The van der Waals surface area contributed by atoms with Crippen molar-refractivity contribution in [3.63, 3.8) is 0 Å². The van der Waals surface area contributed by atoms with Gasteiger partial charge in [-0.15, -0.1) is 6.58 Å². The first-order chi connectivity index (χ1) is 6.26. The van der Waals surface area contributed by atoms with Crippen LogP contribution in [0, 0.1) is 0 Å². The first-order valence-corrected chi connectivity index (χ1v) is 3.81. The van der Waals surface area contributed by atoms with Crippen molar-refractivity contribution in [3.8, 4) is 0 Å². The lowest BCUT2D eigenvalue weighted by Crippen LogP contribution is -2.22. The second-order valence-corrected chi connectivity index (χ2v) is 2.47. The van der Waals surface area contributed by atoms with E-state index in [0.717, 1.165) is 0 Å². The molecule has 1 atom stereocenters. The Hall–Kier alpha value is -1.62. The molecule has 0 saturated carbocycles. The van der Waals surface area contributed by atoms with E-state index in [0.29, 0.717) is 5.82 Å². The van der Waals surface area contributed by atoms with Crippen molar-refractivity contribution < 1.29 is 5.11 Å². The molecule has 0 spiro atoms. The largest absolute Gasteiger partial charge is 0.394 e. The molecular formula is C8H11N3O2. The third-order valence-corrected chi connectivity index (χ3v) is 1.49. The highest BCUT2D eigenvalue weighted by atomic mass is 16.3. The Labute approximate surface area is 75.1 Å².